The number of fused-ring (bicyclic) bond motifs is 1. The van der Waals surface area contributed by atoms with Crippen molar-refractivity contribution in [2.24, 2.45) is 11.7 Å². The molecule has 0 radical (unpaired) electrons. The first-order valence-electron chi connectivity index (χ1n) is 13.1. The van der Waals surface area contributed by atoms with Gasteiger partial charge in [0, 0.05) is 41.8 Å². The Morgan fingerprint density at radius 1 is 1.02 bits per heavy atom. The SMILES string of the molecule is COc1cc2c(Oc3ccc(N(Cc4cnccn4)C(=O)C(N)=O)cc3F)ccnc2cc1OCC1CCNCC1. The van der Waals surface area contributed by atoms with E-state index in [-0.39, 0.29) is 18.0 Å². The topological polar surface area (TPSA) is 142 Å². The number of piperidine rings is 1. The largest absolute Gasteiger partial charge is 0.493 e. The molecule has 0 aliphatic carbocycles. The highest BCUT2D eigenvalue weighted by Crippen LogP contribution is 2.38. The minimum atomic E-state index is -1.19. The number of amides is 2. The van der Waals surface area contributed by atoms with Gasteiger partial charge in [0.1, 0.15) is 5.75 Å². The second-order valence-electron chi connectivity index (χ2n) is 9.50. The summed E-state index contributed by atoms with van der Waals surface area (Å²) in [4.78, 5) is 37.7. The van der Waals surface area contributed by atoms with E-state index >= 15 is 4.39 Å². The van der Waals surface area contributed by atoms with Crippen molar-refractivity contribution in [2.75, 3.05) is 31.7 Å². The summed E-state index contributed by atoms with van der Waals surface area (Å²) in [6, 6.07) is 9.04. The molecule has 0 spiro atoms. The highest BCUT2D eigenvalue weighted by molar-refractivity contribution is 6.39. The highest BCUT2D eigenvalue weighted by atomic mass is 19.1. The van der Waals surface area contributed by atoms with Crippen LogP contribution in [0.2, 0.25) is 0 Å². The fraction of sp³-hybridized carbons (Fsp3) is 0.276. The molecule has 0 saturated carbocycles. The molecule has 2 aromatic carbocycles. The number of aromatic nitrogens is 3. The van der Waals surface area contributed by atoms with Gasteiger partial charge >= 0.3 is 11.8 Å². The van der Waals surface area contributed by atoms with Crippen LogP contribution in [0.25, 0.3) is 10.9 Å². The Kier molecular flexibility index (Phi) is 8.49. The molecular formula is C29H29FN6O5. The molecule has 0 unspecified atom stereocenters. The van der Waals surface area contributed by atoms with Crippen LogP contribution >= 0.6 is 0 Å². The van der Waals surface area contributed by atoms with Gasteiger partial charge in [0.2, 0.25) is 0 Å². The number of nitrogens with zero attached hydrogens (tertiary/aromatic N) is 4. The number of rotatable bonds is 9. The zero-order chi connectivity index (χ0) is 28.8. The van der Waals surface area contributed by atoms with Crippen molar-refractivity contribution in [3.05, 3.63) is 72.7 Å². The number of pyridine rings is 1. The fourth-order valence-electron chi connectivity index (χ4n) is 4.59. The zero-order valence-corrected chi connectivity index (χ0v) is 22.4. The molecule has 3 heterocycles. The molecule has 3 N–H and O–H groups in total. The second-order valence-corrected chi connectivity index (χ2v) is 9.50. The summed E-state index contributed by atoms with van der Waals surface area (Å²) in [6.07, 6.45) is 7.99. The molecule has 4 aromatic rings. The van der Waals surface area contributed by atoms with Gasteiger partial charge in [-0.1, -0.05) is 0 Å². The van der Waals surface area contributed by atoms with Gasteiger partial charge in [0.15, 0.2) is 23.1 Å². The van der Waals surface area contributed by atoms with E-state index < -0.39 is 17.6 Å². The van der Waals surface area contributed by atoms with Crippen molar-refractivity contribution in [2.45, 2.75) is 19.4 Å². The first-order valence-corrected chi connectivity index (χ1v) is 13.1. The molecule has 41 heavy (non-hydrogen) atoms. The number of ether oxygens (including phenoxy) is 3. The van der Waals surface area contributed by atoms with Gasteiger partial charge in [0.25, 0.3) is 0 Å². The minimum absolute atomic E-state index is 0.0982. The van der Waals surface area contributed by atoms with Gasteiger partial charge in [-0.15, -0.1) is 0 Å². The third kappa shape index (κ3) is 6.49. The number of carbonyl (C=O) groups is 2. The van der Waals surface area contributed by atoms with Gasteiger partial charge in [-0.3, -0.25) is 29.4 Å². The minimum Gasteiger partial charge on any atom is -0.493 e. The van der Waals surface area contributed by atoms with E-state index in [4.69, 9.17) is 19.9 Å². The highest BCUT2D eigenvalue weighted by Gasteiger charge is 2.23. The Morgan fingerprint density at radius 2 is 1.85 bits per heavy atom. The predicted molar refractivity (Wildman–Crippen MR) is 148 cm³/mol. The summed E-state index contributed by atoms with van der Waals surface area (Å²) >= 11 is 0. The van der Waals surface area contributed by atoms with Gasteiger partial charge in [-0.05, 0) is 56.1 Å². The number of carbonyl (C=O) groups excluding carboxylic acids is 2. The van der Waals surface area contributed by atoms with Crippen LogP contribution in [0.4, 0.5) is 10.1 Å². The third-order valence-electron chi connectivity index (χ3n) is 6.76. The number of halogens is 1. The summed E-state index contributed by atoms with van der Waals surface area (Å²) in [7, 11) is 1.55. The number of nitrogens with two attached hydrogens (primary N) is 1. The Balaban J connectivity index is 1.39. The van der Waals surface area contributed by atoms with Crippen molar-refractivity contribution in [3.8, 4) is 23.0 Å². The summed E-state index contributed by atoms with van der Waals surface area (Å²) in [5, 5.41) is 3.94. The van der Waals surface area contributed by atoms with Crippen LogP contribution in [0.15, 0.2) is 61.2 Å². The van der Waals surface area contributed by atoms with Crippen LogP contribution < -0.4 is 30.2 Å². The smallest absolute Gasteiger partial charge is 0.316 e. The number of methoxy groups -OCH3 is 1. The van der Waals surface area contributed by atoms with E-state index in [1.165, 1.54) is 30.7 Å². The summed E-state index contributed by atoms with van der Waals surface area (Å²) < 4.78 is 32.9. The number of primary amides is 1. The molecule has 12 heteroatoms. The molecule has 0 atom stereocenters. The van der Waals surface area contributed by atoms with Crippen molar-refractivity contribution in [1.29, 1.82) is 0 Å². The van der Waals surface area contributed by atoms with Crippen molar-refractivity contribution in [3.63, 3.8) is 0 Å². The van der Waals surface area contributed by atoms with E-state index in [2.05, 4.69) is 20.3 Å². The summed E-state index contributed by atoms with van der Waals surface area (Å²) in [5.74, 6) is -1.19. The molecule has 212 valence electrons. The Hall–Kier alpha value is -4.84. The maximum absolute atomic E-state index is 15.3. The quantitative estimate of drug-likeness (QED) is 0.295. The third-order valence-corrected chi connectivity index (χ3v) is 6.76. The Bertz CT molecular complexity index is 1550. The lowest BCUT2D eigenvalue weighted by Gasteiger charge is -2.23. The maximum Gasteiger partial charge on any atom is 0.316 e. The first-order chi connectivity index (χ1) is 19.9. The van der Waals surface area contributed by atoms with Gasteiger partial charge in [0.05, 0.1) is 37.7 Å². The monoisotopic (exact) mass is 560 g/mol. The van der Waals surface area contributed by atoms with E-state index in [0.29, 0.717) is 46.4 Å². The van der Waals surface area contributed by atoms with Gasteiger partial charge in [-0.2, -0.15) is 0 Å². The van der Waals surface area contributed by atoms with Crippen LogP contribution in [0.3, 0.4) is 0 Å². The number of hydrogen-bond donors (Lipinski definition) is 2. The predicted octanol–water partition coefficient (Wildman–Crippen LogP) is 3.36. The molecule has 1 aliphatic heterocycles. The molecule has 0 bridgehead atoms. The lowest BCUT2D eigenvalue weighted by molar-refractivity contribution is -0.135. The van der Waals surface area contributed by atoms with E-state index in [1.807, 2.05) is 0 Å². The maximum atomic E-state index is 15.3. The van der Waals surface area contributed by atoms with Crippen molar-refractivity contribution in [1.82, 2.24) is 20.3 Å². The van der Waals surface area contributed by atoms with Crippen LogP contribution in [-0.2, 0) is 16.1 Å². The van der Waals surface area contributed by atoms with Crippen LogP contribution in [0, 0.1) is 11.7 Å². The zero-order valence-electron chi connectivity index (χ0n) is 22.4. The van der Waals surface area contributed by atoms with Crippen molar-refractivity contribution < 1.29 is 28.2 Å². The number of benzene rings is 2. The van der Waals surface area contributed by atoms with E-state index in [9.17, 15) is 9.59 Å². The standard InChI is InChI=1S/C29H29FN6O5/c1-39-26-13-21-23(14-27(26)40-17-18-4-7-32-8-5-18)35-9-6-24(21)41-25-3-2-20(12-22(25)30)36(29(38)28(31)37)16-19-15-33-10-11-34-19/h2-3,6,9-15,18,32H,4-5,7-8,16-17H2,1H3,(H2,31,37). The van der Waals surface area contributed by atoms with Gasteiger partial charge < -0.3 is 25.3 Å². The fourth-order valence-corrected chi connectivity index (χ4v) is 4.59. The molecule has 5 rings (SSSR count). The number of nitrogens with one attached hydrogen (secondary N) is 1. The van der Waals surface area contributed by atoms with Crippen LogP contribution in [0.5, 0.6) is 23.0 Å². The second kappa shape index (κ2) is 12.6. The lowest BCUT2D eigenvalue weighted by atomic mass is 9.99. The summed E-state index contributed by atoms with van der Waals surface area (Å²) in [5.41, 5.74) is 6.30. The van der Waals surface area contributed by atoms with Gasteiger partial charge in [-0.25, -0.2) is 4.39 Å². The molecule has 2 amide bonds. The first kappa shape index (κ1) is 27.7. The molecule has 1 fully saturated rings. The number of anilines is 1. The van der Waals surface area contributed by atoms with E-state index in [0.717, 1.165) is 36.9 Å². The molecular weight excluding hydrogens is 531 g/mol. The Labute approximate surface area is 235 Å². The Morgan fingerprint density at radius 3 is 2.56 bits per heavy atom. The lowest BCUT2D eigenvalue weighted by Crippen LogP contribution is -2.40. The molecule has 1 saturated heterocycles. The molecule has 1 aliphatic rings. The molecule has 11 nitrogen and oxygen atoms in total. The normalized spacial score (nSPS) is 13.5. The van der Waals surface area contributed by atoms with E-state index in [1.54, 1.807) is 31.5 Å². The summed E-state index contributed by atoms with van der Waals surface area (Å²) in [6.45, 7) is 2.39. The average Bonchev–Trinajstić information content (AvgIpc) is 3.00. The van der Waals surface area contributed by atoms with Crippen LogP contribution in [-0.4, -0.2) is 53.6 Å². The number of hydrogen-bond acceptors (Lipinski definition) is 9. The average molecular weight is 561 g/mol. The van der Waals surface area contributed by atoms with Crippen molar-refractivity contribution >= 4 is 28.4 Å². The molecule has 2 aromatic heterocycles. The van der Waals surface area contributed by atoms with Crippen LogP contribution in [0.1, 0.15) is 18.5 Å².